The molecule has 0 bridgehead atoms. The fourth-order valence-electron chi connectivity index (χ4n) is 1.76. The van der Waals surface area contributed by atoms with Crippen LogP contribution in [-0.2, 0) is 4.79 Å². The van der Waals surface area contributed by atoms with Crippen molar-refractivity contribution in [3.63, 3.8) is 0 Å². The van der Waals surface area contributed by atoms with E-state index in [1.54, 1.807) is 0 Å². The first-order valence-corrected chi connectivity index (χ1v) is 5.10. The molecule has 4 nitrogen and oxygen atoms in total. The molecule has 1 fully saturated rings. The number of hydrogen-bond donors (Lipinski definition) is 3. The number of nitrogens with one attached hydrogen (secondary N) is 1. The molecule has 0 aromatic carbocycles. The molecular formula is C9H15F3N2O2. The van der Waals surface area contributed by atoms with Gasteiger partial charge in [0.15, 0.2) is 6.10 Å². The van der Waals surface area contributed by atoms with Crippen LogP contribution in [0.5, 0.6) is 0 Å². The summed E-state index contributed by atoms with van der Waals surface area (Å²) >= 11 is 0. The molecule has 0 aliphatic carbocycles. The number of aliphatic hydroxyl groups excluding tert-OH is 1. The summed E-state index contributed by atoms with van der Waals surface area (Å²) in [6.07, 6.45) is -6.20. The molecule has 16 heavy (non-hydrogen) atoms. The minimum Gasteiger partial charge on any atom is -0.382 e. The van der Waals surface area contributed by atoms with Gasteiger partial charge >= 0.3 is 6.18 Å². The Morgan fingerprint density at radius 3 is 2.69 bits per heavy atom. The number of carbonyl (C=O) groups excluding carboxylic acids is 1. The third-order valence-corrected chi connectivity index (χ3v) is 2.70. The van der Waals surface area contributed by atoms with Gasteiger partial charge in [0.25, 0.3) is 0 Å². The van der Waals surface area contributed by atoms with Crippen LogP contribution in [0.1, 0.15) is 19.3 Å². The molecule has 3 unspecified atom stereocenters. The van der Waals surface area contributed by atoms with E-state index in [0.29, 0.717) is 13.0 Å². The van der Waals surface area contributed by atoms with E-state index in [4.69, 9.17) is 10.8 Å². The van der Waals surface area contributed by atoms with E-state index in [2.05, 4.69) is 5.32 Å². The Morgan fingerprint density at radius 1 is 1.56 bits per heavy atom. The highest BCUT2D eigenvalue weighted by Crippen LogP contribution is 2.26. The van der Waals surface area contributed by atoms with Gasteiger partial charge in [-0.3, -0.25) is 4.79 Å². The first-order valence-electron chi connectivity index (χ1n) is 5.10. The van der Waals surface area contributed by atoms with Crippen LogP contribution in [0.2, 0.25) is 0 Å². The fraction of sp³-hybridized carbons (Fsp3) is 0.889. The maximum atomic E-state index is 12.1. The second-order valence-corrected chi connectivity index (χ2v) is 4.02. The van der Waals surface area contributed by atoms with Crippen LogP contribution in [0.4, 0.5) is 13.2 Å². The van der Waals surface area contributed by atoms with Gasteiger partial charge in [-0.25, -0.2) is 0 Å². The van der Waals surface area contributed by atoms with Crippen molar-refractivity contribution in [3.05, 3.63) is 0 Å². The molecule has 0 spiro atoms. The van der Waals surface area contributed by atoms with Crippen molar-refractivity contribution in [2.45, 2.75) is 37.6 Å². The SMILES string of the molecule is NC(CC1CCCNC1=O)C(O)C(F)(F)F. The van der Waals surface area contributed by atoms with Gasteiger partial charge in [0.1, 0.15) is 0 Å². The lowest BCUT2D eigenvalue weighted by atomic mass is 9.90. The van der Waals surface area contributed by atoms with Gasteiger partial charge in [0.2, 0.25) is 5.91 Å². The second-order valence-electron chi connectivity index (χ2n) is 4.02. The van der Waals surface area contributed by atoms with Crippen LogP contribution in [0.15, 0.2) is 0 Å². The number of carbonyl (C=O) groups is 1. The number of aliphatic hydroxyl groups is 1. The third kappa shape index (κ3) is 3.34. The number of amides is 1. The highest BCUT2D eigenvalue weighted by atomic mass is 19.4. The molecule has 0 saturated carbocycles. The van der Waals surface area contributed by atoms with E-state index >= 15 is 0 Å². The highest BCUT2D eigenvalue weighted by molar-refractivity contribution is 5.79. The Balaban J connectivity index is 2.50. The van der Waals surface area contributed by atoms with Gasteiger partial charge in [-0.05, 0) is 19.3 Å². The zero-order valence-corrected chi connectivity index (χ0v) is 8.63. The first-order chi connectivity index (χ1) is 7.32. The lowest BCUT2D eigenvalue weighted by Crippen LogP contribution is -2.48. The molecule has 0 aromatic rings. The summed E-state index contributed by atoms with van der Waals surface area (Å²) in [6, 6.07) is -1.45. The smallest absolute Gasteiger partial charge is 0.382 e. The third-order valence-electron chi connectivity index (χ3n) is 2.70. The molecule has 0 aromatic heterocycles. The molecule has 1 saturated heterocycles. The molecule has 1 amide bonds. The molecule has 1 aliphatic rings. The first kappa shape index (κ1) is 13.2. The maximum Gasteiger partial charge on any atom is 0.415 e. The molecule has 94 valence electrons. The number of piperidine rings is 1. The number of nitrogens with two attached hydrogens (primary N) is 1. The molecule has 1 heterocycles. The van der Waals surface area contributed by atoms with Crippen molar-refractivity contribution in [2.24, 2.45) is 11.7 Å². The Hall–Kier alpha value is -0.820. The molecular weight excluding hydrogens is 225 g/mol. The number of hydrogen-bond acceptors (Lipinski definition) is 3. The zero-order valence-electron chi connectivity index (χ0n) is 8.63. The standard InChI is InChI=1S/C9H15F3N2O2/c10-9(11,12)7(15)6(13)4-5-2-1-3-14-8(5)16/h5-7,15H,1-4,13H2,(H,14,16). The Morgan fingerprint density at radius 2 is 2.19 bits per heavy atom. The molecule has 0 radical (unpaired) electrons. The van der Waals surface area contributed by atoms with E-state index < -0.39 is 24.2 Å². The van der Waals surface area contributed by atoms with Crippen LogP contribution in [-0.4, -0.2) is 35.9 Å². The van der Waals surface area contributed by atoms with Gasteiger partial charge in [-0.1, -0.05) is 0 Å². The summed E-state index contributed by atoms with van der Waals surface area (Å²) in [5, 5.41) is 11.4. The van der Waals surface area contributed by atoms with Gasteiger partial charge < -0.3 is 16.2 Å². The van der Waals surface area contributed by atoms with Crippen molar-refractivity contribution in [3.8, 4) is 0 Å². The van der Waals surface area contributed by atoms with Gasteiger partial charge in [0.05, 0.1) is 0 Å². The van der Waals surface area contributed by atoms with Gasteiger partial charge in [0, 0.05) is 18.5 Å². The number of halogens is 3. The monoisotopic (exact) mass is 240 g/mol. The van der Waals surface area contributed by atoms with Crippen molar-refractivity contribution in [1.82, 2.24) is 5.32 Å². The summed E-state index contributed by atoms with van der Waals surface area (Å²) in [6.45, 7) is 0.548. The molecule has 1 rings (SSSR count). The van der Waals surface area contributed by atoms with E-state index in [1.807, 2.05) is 0 Å². The average molecular weight is 240 g/mol. The van der Waals surface area contributed by atoms with E-state index in [0.717, 1.165) is 6.42 Å². The minimum atomic E-state index is -4.73. The molecule has 3 atom stereocenters. The minimum absolute atomic E-state index is 0.146. The quantitative estimate of drug-likeness (QED) is 0.657. The largest absolute Gasteiger partial charge is 0.415 e. The predicted octanol–water partition coefficient (Wildman–Crippen LogP) is 0.153. The second kappa shape index (κ2) is 5.01. The highest BCUT2D eigenvalue weighted by Gasteiger charge is 2.43. The predicted molar refractivity (Wildman–Crippen MR) is 50.4 cm³/mol. The lowest BCUT2D eigenvalue weighted by molar-refractivity contribution is -0.210. The van der Waals surface area contributed by atoms with Crippen LogP contribution < -0.4 is 11.1 Å². The van der Waals surface area contributed by atoms with Crippen molar-refractivity contribution >= 4 is 5.91 Å². The Kier molecular flexibility index (Phi) is 4.15. The number of alkyl halides is 3. The van der Waals surface area contributed by atoms with Crippen molar-refractivity contribution in [1.29, 1.82) is 0 Å². The topological polar surface area (TPSA) is 75.3 Å². The summed E-state index contributed by atoms with van der Waals surface area (Å²) in [5.41, 5.74) is 5.25. The van der Waals surface area contributed by atoms with E-state index in [1.165, 1.54) is 0 Å². The fourth-order valence-corrected chi connectivity index (χ4v) is 1.76. The number of rotatable bonds is 3. The van der Waals surface area contributed by atoms with Crippen LogP contribution >= 0.6 is 0 Å². The van der Waals surface area contributed by atoms with Crippen molar-refractivity contribution < 1.29 is 23.1 Å². The van der Waals surface area contributed by atoms with E-state index in [-0.39, 0.29) is 12.3 Å². The zero-order chi connectivity index (χ0) is 12.3. The molecule has 4 N–H and O–H groups in total. The summed E-state index contributed by atoms with van der Waals surface area (Å²) in [4.78, 5) is 11.3. The van der Waals surface area contributed by atoms with Crippen molar-refractivity contribution in [2.75, 3.05) is 6.54 Å². The lowest BCUT2D eigenvalue weighted by Gasteiger charge is -2.27. The van der Waals surface area contributed by atoms with Crippen LogP contribution in [0, 0.1) is 5.92 Å². The van der Waals surface area contributed by atoms with E-state index in [9.17, 15) is 18.0 Å². The summed E-state index contributed by atoms with van der Waals surface area (Å²) in [7, 11) is 0. The summed E-state index contributed by atoms with van der Waals surface area (Å²) < 4.78 is 36.4. The Labute approximate surface area is 91.0 Å². The maximum absolute atomic E-state index is 12.1. The van der Waals surface area contributed by atoms with Gasteiger partial charge in [-0.15, -0.1) is 0 Å². The molecule has 7 heteroatoms. The van der Waals surface area contributed by atoms with Gasteiger partial charge in [-0.2, -0.15) is 13.2 Å². The average Bonchev–Trinajstić information content (AvgIpc) is 2.19. The van der Waals surface area contributed by atoms with Crippen LogP contribution in [0.25, 0.3) is 0 Å². The molecule has 1 aliphatic heterocycles. The van der Waals surface area contributed by atoms with Crippen LogP contribution in [0.3, 0.4) is 0 Å². The normalized spacial score (nSPS) is 26.1. The Bertz CT molecular complexity index is 258. The summed E-state index contributed by atoms with van der Waals surface area (Å²) in [5.74, 6) is -0.808.